The van der Waals surface area contributed by atoms with Crippen LogP contribution in [0.15, 0.2) is 33.5 Å². The van der Waals surface area contributed by atoms with Gasteiger partial charge in [0.05, 0.1) is 25.0 Å². The first-order valence-electron chi connectivity index (χ1n) is 8.30. The largest absolute Gasteiger partial charge is 0.484 e. The Morgan fingerprint density at radius 2 is 1.88 bits per heavy atom. The average Bonchev–Trinajstić information content (AvgIpc) is 2.65. The minimum Gasteiger partial charge on any atom is -0.484 e. The molecule has 0 saturated heterocycles. The maximum atomic E-state index is 12.3. The molecule has 0 fully saturated rings. The number of rotatable bonds is 8. The summed E-state index contributed by atoms with van der Waals surface area (Å²) in [6.45, 7) is 2.24. The number of carbonyl (C=O) groups is 1. The highest BCUT2D eigenvalue weighted by atomic mass is 16.5. The molecule has 7 nitrogen and oxygen atoms in total. The molecule has 1 heterocycles. The van der Waals surface area contributed by atoms with Crippen LogP contribution in [0.1, 0.15) is 25.3 Å². The summed E-state index contributed by atoms with van der Waals surface area (Å²) in [5.74, 6) is 0.0992. The third-order valence-corrected chi connectivity index (χ3v) is 3.88. The van der Waals surface area contributed by atoms with Gasteiger partial charge in [-0.05, 0) is 24.1 Å². The number of benzene rings is 1. The van der Waals surface area contributed by atoms with Gasteiger partial charge in [-0.1, -0.05) is 6.92 Å². The summed E-state index contributed by atoms with van der Waals surface area (Å²) in [7, 11) is 0. The molecular formula is C19H19N3O4. The summed E-state index contributed by atoms with van der Waals surface area (Å²) in [5.41, 5.74) is 0.866. The van der Waals surface area contributed by atoms with E-state index in [1.54, 1.807) is 18.2 Å². The highest BCUT2D eigenvalue weighted by Gasteiger charge is 2.14. The lowest BCUT2D eigenvalue weighted by Gasteiger charge is -2.20. The van der Waals surface area contributed by atoms with E-state index in [-0.39, 0.29) is 38.4 Å². The molecule has 2 aromatic rings. The van der Waals surface area contributed by atoms with Crippen molar-refractivity contribution in [3.63, 3.8) is 0 Å². The number of nitrogens with zero attached hydrogens (tertiary/aromatic N) is 3. The summed E-state index contributed by atoms with van der Waals surface area (Å²) in [5, 5.41) is 18.2. The maximum Gasteiger partial charge on any atom is 0.336 e. The zero-order valence-electron chi connectivity index (χ0n) is 14.5. The van der Waals surface area contributed by atoms with Crippen LogP contribution in [0, 0.1) is 22.7 Å². The zero-order valence-corrected chi connectivity index (χ0v) is 14.5. The van der Waals surface area contributed by atoms with Crippen LogP contribution in [-0.4, -0.2) is 30.5 Å². The molecule has 1 amide bonds. The molecule has 0 aliphatic heterocycles. The second-order valence-electron chi connectivity index (χ2n) is 5.59. The van der Waals surface area contributed by atoms with Gasteiger partial charge in [-0.2, -0.15) is 10.5 Å². The smallest absolute Gasteiger partial charge is 0.336 e. The second kappa shape index (κ2) is 9.24. The average molecular weight is 353 g/mol. The molecule has 7 heteroatoms. The molecule has 2 rings (SSSR count). The molecule has 0 radical (unpaired) electrons. The van der Waals surface area contributed by atoms with E-state index in [1.165, 1.54) is 11.0 Å². The number of nitriles is 2. The number of aryl methyl sites for hydroxylation is 1. The Balaban J connectivity index is 2.10. The minimum absolute atomic E-state index is 0.193. The summed E-state index contributed by atoms with van der Waals surface area (Å²) in [6, 6.07) is 10.5. The van der Waals surface area contributed by atoms with Crippen molar-refractivity contribution in [2.45, 2.75) is 26.2 Å². The van der Waals surface area contributed by atoms with Gasteiger partial charge >= 0.3 is 5.63 Å². The molecular weight excluding hydrogens is 334 g/mol. The van der Waals surface area contributed by atoms with Crippen molar-refractivity contribution >= 4 is 16.9 Å². The van der Waals surface area contributed by atoms with Crippen LogP contribution in [0.3, 0.4) is 0 Å². The topological polar surface area (TPSA) is 107 Å². The molecule has 0 unspecified atom stereocenters. The fourth-order valence-electron chi connectivity index (χ4n) is 2.56. The molecule has 0 bridgehead atoms. The van der Waals surface area contributed by atoms with E-state index in [2.05, 4.69) is 0 Å². The van der Waals surface area contributed by atoms with Crippen molar-refractivity contribution in [2.24, 2.45) is 0 Å². The van der Waals surface area contributed by atoms with E-state index >= 15 is 0 Å². The van der Waals surface area contributed by atoms with Gasteiger partial charge < -0.3 is 14.1 Å². The predicted molar refractivity (Wildman–Crippen MR) is 94.4 cm³/mol. The van der Waals surface area contributed by atoms with Crippen LogP contribution in [0.4, 0.5) is 0 Å². The van der Waals surface area contributed by atoms with E-state index in [9.17, 15) is 9.59 Å². The normalized spacial score (nSPS) is 10.1. The number of carbonyl (C=O) groups excluding carboxylic acids is 1. The molecule has 0 atom stereocenters. The van der Waals surface area contributed by atoms with Crippen LogP contribution in [0.5, 0.6) is 5.75 Å². The Hall–Kier alpha value is -3.32. The van der Waals surface area contributed by atoms with Crippen molar-refractivity contribution < 1.29 is 13.9 Å². The number of hydrogen-bond acceptors (Lipinski definition) is 6. The standard InChI is InChI=1S/C19H19N3O4/c1-2-14-11-19(24)26-17-12-15(5-6-16(14)17)25-13-18(23)22(9-3-7-20)10-4-8-21/h5-6,11-12H,2-4,9-10,13H2,1H3. The third kappa shape index (κ3) is 4.84. The van der Waals surface area contributed by atoms with Gasteiger partial charge in [0.1, 0.15) is 11.3 Å². The highest BCUT2D eigenvalue weighted by molar-refractivity contribution is 5.82. The van der Waals surface area contributed by atoms with Gasteiger partial charge in [-0.3, -0.25) is 4.79 Å². The van der Waals surface area contributed by atoms with Gasteiger partial charge in [-0.25, -0.2) is 4.79 Å². The van der Waals surface area contributed by atoms with Crippen LogP contribution < -0.4 is 10.4 Å². The van der Waals surface area contributed by atoms with E-state index in [0.29, 0.717) is 17.8 Å². The van der Waals surface area contributed by atoms with Crippen molar-refractivity contribution in [3.8, 4) is 17.9 Å². The number of fused-ring (bicyclic) bond motifs is 1. The molecule has 1 aromatic heterocycles. The van der Waals surface area contributed by atoms with E-state index in [4.69, 9.17) is 19.7 Å². The van der Waals surface area contributed by atoms with E-state index in [1.807, 2.05) is 19.1 Å². The van der Waals surface area contributed by atoms with Crippen molar-refractivity contribution in [3.05, 3.63) is 40.2 Å². The SMILES string of the molecule is CCc1cc(=O)oc2cc(OCC(=O)N(CCC#N)CCC#N)ccc12. The quantitative estimate of drug-likeness (QED) is 0.674. The van der Waals surface area contributed by atoms with Crippen LogP contribution in [0.25, 0.3) is 11.0 Å². The lowest BCUT2D eigenvalue weighted by Crippen LogP contribution is -2.36. The molecule has 0 aliphatic rings. The molecule has 1 aromatic carbocycles. The van der Waals surface area contributed by atoms with E-state index in [0.717, 1.165) is 10.9 Å². The number of hydrogen-bond donors (Lipinski definition) is 0. The molecule has 26 heavy (non-hydrogen) atoms. The monoisotopic (exact) mass is 353 g/mol. The summed E-state index contributed by atoms with van der Waals surface area (Å²) < 4.78 is 10.7. The summed E-state index contributed by atoms with van der Waals surface area (Å²) in [4.78, 5) is 25.3. The molecule has 0 aliphatic carbocycles. The molecule has 0 spiro atoms. The predicted octanol–water partition coefficient (Wildman–Crippen LogP) is 2.39. The molecule has 0 saturated carbocycles. The van der Waals surface area contributed by atoms with Gasteiger partial charge in [0.25, 0.3) is 5.91 Å². The van der Waals surface area contributed by atoms with Crippen molar-refractivity contribution in [1.82, 2.24) is 4.90 Å². The lowest BCUT2D eigenvalue weighted by atomic mass is 10.1. The van der Waals surface area contributed by atoms with E-state index < -0.39 is 5.63 Å². The fourth-order valence-corrected chi connectivity index (χ4v) is 2.56. The first kappa shape index (κ1) is 19.0. The third-order valence-electron chi connectivity index (χ3n) is 3.88. The molecule has 0 N–H and O–H groups in total. The summed E-state index contributed by atoms with van der Waals surface area (Å²) >= 11 is 0. The number of amides is 1. The second-order valence-corrected chi connectivity index (χ2v) is 5.59. The zero-order chi connectivity index (χ0) is 18.9. The Morgan fingerprint density at radius 3 is 2.50 bits per heavy atom. The van der Waals surface area contributed by atoms with Crippen LogP contribution in [0.2, 0.25) is 0 Å². The Kier molecular flexibility index (Phi) is 6.75. The Bertz CT molecular complexity index is 903. The minimum atomic E-state index is -0.429. The Morgan fingerprint density at radius 1 is 1.19 bits per heavy atom. The van der Waals surface area contributed by atoms with Crippen molar-refractivity contribution in [1.29, 1.82) is 10.5 Å². The van der Waals surface area contributed by atoms with Gasteiger partial charge in [0, 0.05) is 30.6 Å². The lowest BCUT2D eigenvalue weighted by molar-refractivity contribution is -0.133. The first-order valence-corrected chi connectivity index (χ1v) is 8.30. The summed E-state index contributed by atoms with van der Waals surface area (Å²) in [6.07, 6.45) is 1.09. The fraction of sp³-hybridized carbons (Fsp3) is 0.368. The van der Waals surface area contributed by atoms with Gasteiger partial charge in [0.2, 0.25) is 0 Å². The van der Waals surface area contributed by atoms with Crippen LogP contribution in [-0.2, 0) is 11.2 Å². The first-order chi connectivity index (χ1) is 12.6. The Labute approximate surface area is 151 Å². The van der Waals surface area contributed by atoms with Gasteiger partial charge in [0.15, 0.2) is 6.61 Å². The van der Waals surface area contributed by atoms with Crippen molar-refractivity contribution in [2.75, 3.05) is 19.7 Å². The highest BCUT2D eigenvalue weighted by Crippen LogP contribution is 2.23. The molecule has 134 valence electrons. The van der Waals surface area contributed by atoms with Crippen LogP contribution >= 0.6 is 0 Å². The number of ether oxygens (including phenoxy) is 1. The maximum absolute atomic E-state index is 12.3. The van der Waals surface area contributed by atoms with Gasteiger partial charge in [-0.15, -0.1) is 0 Å².